The summed E-state index contributed by atoms with van der Waals surface area (Å²) in [6, 6.07) is 1.49. The molecule has 84 valence electrons. The third-order valence-electron chi connectivity index (χ3n) is 2.24. The maximum absolute atomic E-state index is 11.6. The second-order valence-electron chi connectivity index (χ2n) is 3.30. The molecule has 0 saturated heterocycles. The largest absolute Gasteiger partial charge is 0.462 e. The van der Waals surface area contributed by atoms with Crippen molar-refractivity contribution in [2.45, 2.75) is 6.92 Å². The van der Waals surface area contributed by atoms with Crippen LogP contribution in [-0.4, -0.2) is 27.3 Å². The highest BCUT2D eigenvalue weighted by atomic mass is 16.5. The highest BCUT2D eigenvalue weighted by Crippen LogP contribution is 2.09. The van der Waals surface area contributed by atoms with Crippen molar-refractivity contribution in [1.29, 1.82) is 0 Å². The molecular weight excluding hydrogens is 210 g/mol. The lowest BCUT2D eigenvalue weighted by Gasteiger charge is -2.01. The van der Waals surface area contributed by atoms with E-state index >= 15 is 0 Å². The Kier molecular flexibility index (Phi) is 2.47. The fourth-order valence-corrected chi connectivity index (χ4v) is 1.47. The van der Waals surface area contributed by atoms with Crippen LogP contribution in [0.25, 0.3) is 11.0 Å². The fraction of sp³-hybridized carbons (Fsp3) is 0.300. The number of aryl methyl sites for hydroxylation is 1. The first-order valence-electron chi connectivity index (χ1n) is 4.85. The maximum atomic E-state index is 11.6. The number of hydrogen-bond acceptors (Lipinski definition) is 4. The lowest BCUT2D eigenvalue weighted by Crippen LogP contribution is -2.19. The predicted octanol–water partition coefficient (Wildman–Crippen LogP) is 0.438. The van der Waals surface area contributed by atoms with Gasteiger partial charge < -0.3 is 9.72 Å². The molecule has 0 aromatic carbocycles. The molecule has 2 heterocycles. The molecule has 0 fully saturated rings. The molecule has 0 amide bonds. The molecule has 0 spiro atoms. The van der Waals surface area contributed by atoms with Gasteiger partial charge in [-0.1, -0.05) is 0 Å². The van der Waals surface area contributed by atoms with Crippen LogP contribution in [-0.2, 0) is 11.8 Å². The van der Waals surface area contributed by atoms with Gasteiger partial charge in [0.05, 0.1) is 12.8 Å². The molecule has 0 aliphatic rings. The number of pyridine rings is 1. The Morgan fingerprint density at radius 3 is 3.06 bits per heavy atom. The number of aromatic nitrogens is 3. The lowest BCUT2D eigenvalue weighted by atomic mass is 10.2. The third-order valence-corrected chi connectivity index (χ3v) is 2.24. The Balaban J connectivity index is 2.59. The van der Waals surface area contributed by atoms with E-state index in [9.17, 15) is 9.59 Å². The summed E-state index contributed by atoms with van der Waals surface area (Å²) in [5.74, 6) is -0.616. The smallest absolute Gasteiger partial charge is 0.343 e. The monoisotopic (exact) mass is 221 g/mol. The zero-order valence-electron chi connectivity index (χ0n) is 8.98. The summed E-state index contributed by atoms with van der Waals surface area (Å²) in [6.07, 6.45) is 1.58. The van der Waals surface area contributed by atoms with Crippen molar-refractivity contribution in [3.05, 3.63) is 28.2 Å². The van der Waals surface area contributed by atoms with Gasteiger partial charge in [0, 0.05) is 12.4 Å². The van der Waals surface area contributed by atoms with Gasteiger partial charge in [-0.15, -0.1) is 0 Å². The molecule has 2 aromatic rings. The normalized spacial score (nSPS) is 10.6. The van der Waals surface area contributed by atoms with Gasteiger partial charge in [0.1, 0.15) is 11.2 Å². The molecule has 0 radical (unpaired) electrons. The number of carbonyl (C=O) groups is 1. The SMILES string of the molecule is CCOC(=O)c1cc2cnn(C)c2[nH]c1=O. The molecule has 0 aliphatic heterocycles. The van der Waals surface area contributed by atoms with Crippen molar-refractivity contribution < 1.29 is 9.53 Å². The Morgan fingerprint density at radius 2 is 2.38 bits per heavy atom. The van der Waals surface area contributed by atoms with E-state index in [0.717, 1.165) is 0 Å². The van der Waals surface area contributed by atoms with E-state index in [0.29, 0.717) is 11.0 Å². The zero-order chi connectivity index (χ0) is 11.7. The van der Waals surface area contributed by atoms with Gasteiger partial charge in [-0.3, -0.25) is 9.48 Å². The number of H-pyrrole nitrogens is 1. The van der Waals surface area contributed by atoms with E-state index in [-0.39, 0.29) is 12.2 Å². The third kappa shape index (κ3) is 1.58. The van der Waals surface area contributed by atoms with Gasteiger partial charge in [-0.2, -0.15) is 5.10 Å². The molecule has 2 rings (SSSR count). The lowest BCUT2D eigenvalue weighted by molar-refractivity contribution is 0.0524. The van der Waals surface area contributed by atoms with E-state index in [1.54, 1.807) is 20.2 Å². The van der Waals surface area contributed by atoms with Gasteiger partial charge >= 0.3 is 5.97 Å². The van der Waals surface area contributed by atoms with Crippen molar-refractivity contribution >= 4 is 17.0 Å². The van der Waals surface area contributed by atoms with Crippen LogP contribution in [0.3, 0.4) is 0 Å². The molecule has 0 aliphatic carbocycles. The number of fused-ring (bicyclic) bond motifs is 1. The molecule has 0 saturated carbocycles. The number of rotatable bonds is 2. The summed E-state index contributed by atoms with van der Waals surface area (Å²) in [6.45, 7) is 1.93. The molecule has 0 bridgehead atoms. The first-order chi connectivity index (χ1) is 7.63. The van der Waals surface area contributed by atoms with Crippen molar-refractivity contribution in [2.24, 2.45) is 7.05 Å². The Hall–Kier alpha value is -2.11. The van der Waals surface area contributed by atoms with Crippen molar-refractivity contribution in [3.8, 4) is 0 Å². The number of hydrogen-bond donors (Lipinski definition) is 1. The zero-order valence-corrected chi connectivity index (χ0v) is 8.98. The number of carbonyl (C=O) groups excluding carboxylic acids is 1. The van der Waals surface area contributed by atoms with E-state index in [4.69, 9.17) is 4.74 Å². The van der Waals surface area contributed by atoms with E-state index < -0.39 is 11.5 Å². The molecule has 0 atom stereocenters. The van der Waals surface area contributed by atoms with E-state index in [2.05, 4.69) is 10.1 Å². The van der Waals surface area contributed by atoms with Gasteiger partial charge in [-0.25, -0.2) is 4.79 Å². The van der Waals surface area contributed by atoms with Crippen LogP contribution in [0.4, 0.5) is 0 Å². The van der Waals surface area contributed by atoms with Gasteiger partial charge in [0.25, 0.3) is 5.56 Å². The van der Waals surface area contributed by atoms with E-state index in [1.807, 2.05) is 0 Å². The quantitative estimate of drug-likeness (QED) is 0.746. The number of esters is 1. The molecule has 1 N–H and O–H groups in total. The fourth-order valence-electron chi connectivity index (χ4n) is 1.47. The molecule has 6 nitrogen and oxygen atoms in total. The molecule has 2 aromatic heterocycles. The Morgan fingerprint density at radius 1 is 1.62 bits per heavy atom. The maximum Gasteiger partial charge on any atom is 0.343 e. The van der Waals surface area contributed by atoms with Crippen LogP contribution in [0.15, 0.2) is 17.1 Å². The van der Waals surface area contributed by atoms with Crippen LogP contribution in [0.5, 0.6) is 0 Å². The standard InChI is InChI=1S/C10H11N3O3/c1-3-16-10(15)7-4-6-5-11-13(2)8(6)12-9(7)14/h4-5H,3H2,1-2H3,(H,12,14). The first kappa shape index (κ1) is 10.4. The summed E-state index contributed by atoms with van der Waals surface area (Å²) in [5, 5.41) is 4.68. The van der Waals surface area contributed by atoms with Crippen LogP contribution in [0.2, 0.25) is 0 Å². The average Bonchev–Trinajstić information content (AvgIpc) is 2.59. The Labute approximate surface area is 90.8 Å². The number of ether oxygens (including phenoxy) is 1. The molecular formula is C10H11N3O3. The predicted molar refractivity (Wildman–Crippen MR) is 57.3 cm³/mol. The molecule has 6 heteroatoms. The summed E-state index contributed by atoms with van der Waals surface area (Å²) in [5.41, 5.74) is 0.120. The van der Waals surface area contributed by atoms with Crippen LogP contribution < -0.4 is 5.56 Å². The van der Waals surface area contributed by atoms with E-state index in [1.165, 1.54) is 10.7 Å². The Bertz CT molecular complexity index is 597. The highest BCUT2D eigenvalue weighted by molar-refractivity contribution is 5.92. The van der Waals surface area contributed by atoms with Gasteiger partial charge in [-0.05, 0) is 13.0 Å². The first-order valence-corrected chi connectivity index (χ1v) is 4.85. The summed E-state index contributed by atoms with van der Waals surface area (Å²) in [4.78, 5) is 25.6. The second-order valence-corrected chi connectivity index (χ2v) is 3.30. The van der Waals surface area contributed by atoms with Crippen molar-refractivity contribution in [1.82, 2.24) is 14.8 Å². The summed E-state index contributed by atoms with van der Waals surface area (Å²) in [7, 11) is 1.71. The van der Waals surface area contributed by atoms with Gasteiger partial charge in [0.15, 0.2) is 0 Å². The van der Waals surface area contributed by atoms with Crippen LogP contribution in [0.1, 0.15) is 17.3 Å². The van der Waals surface area contributed by atoms with Crippen molar-refractivity contribution in [3.63, 3.8) is 0 Å². The summed E-state index contributed by atoms with van der Waals surface area (Å²) < 4.78 is 6.31. The van der Waals surface area contributed by atoms with Gasteiger partial charge in [0.2, 0.25) is 0 Å². The minimum Gasteiger partial charge on any atom is -0.462 e. The minimum absolute atomic E-state index is 0.00218. The summed E-state index contributed by atoms with van der Waals surface area (Å²) >= 11 is 0. The van der Waals surface area contributed by atoms with Crippen molar-refractivity contribution in [2.75, 3.05) is 6.61 Å². The minimum atomic E-state index is -0.616. The topological polar surface area (TPSA) is 77.0 Å². The van der Waals surface area contributed by atoms with Crippen LogP contribution in [0, 0.1) is 0 Å². The molecule has 16 heavy (non-hydrogen) atoms. The number of nitrogens with zero attached hydrogens (tertiary/aromatic N) is 2. The number of aromatic amines is 1. The van der Waals surface area contributed by atoms with Crippen LogP contribution >= 0.6 is 0 Å². The molecule has 0 unspecified atom stereocenters. The second kappa shape index (κ2) is 3.80. The highest BCUT2D eigenvalue weighted by Gasteiger charge is 2.13. The number of nitrogens with one attached hydrogen (secondary N) is 1. The average molecular weight is 221 g/mol.